The largest absolute Gasteiger partial charge is 0.322 e. The summed E-state index contributed by atoms with van der Waals surface area (Å²) in [6.45, 7) is 5.32. The third kappa shape index (κ3) is 2.41. The fourth-order valence-corrected chi connectivity index (χ4v) is 2.92. The SMILES string of the molecule is Cc1ccc(C(N)C(C)(C)S(C)(=O)=O)s1. The fraction of sp³-hybridized carbons (Fsp3) is 0.600. The Labute approximate surface area is 95.2 Å². The van der Waals surface area contributed by atoms with Gasteiger partial charge >= 0.3 is 0 Å². The highest BCUT2D eigenvalue weighted by Crippen LogP contribution is 2.33. The maximum absolute atomic E-state index is 11.6. The molecule has 1 aromatic rings. The molecular formula is C10H17NO2S2. The second-order valence-electron chi connectivity index (χ2n) is 4.30. The van der Waals surface area contributed by atoms with Crippen LogP contribution in [0.15, 0.2) is 12.1 Å². The van der Waals surface area contributed by atoms with Crippen LogP contribution in [-0.2, 0) is 9.84 Å². The second kappa shape index (κ2) is 3.88. The molecular weight excluding hydrogens is 230 g/mol. The number of nitrogens with two attached hydrogens (primary N) is 1. The zero-order valence-electron chi connectivity index (χ0n) is 9.44. The van der Waals surface area contributed by atoms with Crippen LogP contribution >= 0.6 is 11.3 Å². The maximum atomic E-state index is 11.6. The molecule has 2 N–H and O–H groups in total. The van der Waals surface area contributed by atoms with Crippen molar-refractivity contribution in [3.8, 4) is 0 Å². The van der Waals surface area contributed by atoms with Crippen LogP contribution < -0.4 is 5.73 Å². The fourth-order valence-electron chi connectivity index (χ4n) is 1.19. The molecule has 1 unspecified atom stereocenters. The summed E-state index contributed by atoms with van der Waals surface area (Å²) in [6, 6.07) is 3.39. The van der Waals surface area contributed by atoms with E-state index in [9.17, 15) is 8.42 Å². The summed E-state index contributed by atoms with van der Waals surface area (Å²) in [6.07, 6.45) is 1.23. The topological polar surface area (TPSA) is 60.2 Å². The molecule has 0 aliphatic rings. The number of hydrogen-bond donors (Lipinski definition) is 1. The smallest absolute Gasteiger partial charge is 0.154 e. The molecule has 1 aromatic heterocycles. The number of aryl methyl sites for hydroxylation is 1. The molecule has 15 heavy (non-hydrogen) atoms. The first-order valence-electron chi connectivity index (χ1n) is 4.68. The highest BCUT2D eigenvalue weighted by Gasteiger charge is 2.38. The van der Waals surface area contributed by atoms with Crippen molar-refractivity contribution >= 4 is 21.2 Å². The van der Waals surface area contributed by atoms with E-state index in [0.717, 1.165) is 9.75 Å². The quantitative estimate of drug-likeness (QED) is 0.887. The number of rotatable bonds is 3. The average Bonchev–Trinajstić information content (AvgIpc) is 2.48. The minimum atomic E-state index is -3.16. The first-order valence-corrected chi connectivity index (χ1v) is 7.38. The summed E-state index contributed by atoms with van der Waals surface area (Å²) in [5.74, 6) is 0. The molecule has 0 amide bonds. The molecule has 0 saturated heterocycles. The van der Waals surface area contributed by atoms with Gasteiger partial charge in [-0.2, -0.15) is 0 Å². The summed E-state index contributed by atoms with van der Waals surface area (Å²) in [7, 11) is -3.16. The molecule has 0 fully saturated rings. The van der Waals surface area contributed by atoms with Crippen LogP contribution in [0.2, 0.25) is 0 Å². The summed E-state index contributed by atoms with van der Waals surface area (Å²) in [4.78, 5) is 2.06. The Morgan fingerprint density at radius 3 is 2.27 bits per heavy atom. The lowest BCUT2D eigenvalue weighted by Gasteiger charge is -2.28. The first kappa shape index (κ1) is 12.7. The number of hydrogen-bond acceptors (Lipinski definition) is 4. The van der Waals surface area contributed by atoms with Gasteiger partial charge in [-0.3, -0.25) is 0 Å². The Hall–Kier alpha value is -0.390. The molecule has 1 atom stereocenters. The molecule has 3 nitrogen and oxygen atoms in total. The first-order chi connectivity index (χ1) is 6.66. The monoisotopic (exact) mass is 247 g/mol. The van der Waals surface area contributed by atoms with Crippen LogP contribution in [0.5, 0.6) is 0 Å². The van der Waals surface area contributed by atoms with E-state index in [1.54, 1.807) is 25.2 Å². The summed E-state index contributed by atoms with van der Waals surface area (Å²) >= 11 is 1.55. The van der Waals surface area contributed by atoms with Gasteiger partial charge < -0.3 is 5.73 Å². The lowest BCUT2D eigenvalue weighted by atomic mass is 10.0. The predicted molar refractivity (Wildman–Crippen MR) is 64.9 cm³/mol. The van der Waals surface area contributed by atoms with Gasteiger partial charge in [0.15, 0.2) is 9.84 Å². The highest BCUT2D eigenvalue weighted by atomic mass is 32.2. The molecule has 0 saturated carbocycles. The minimum Gasteiger partial charge on any atom is -0.322 e. The zero-order valence-corrected chi connectivity index (χ0v) is 11.1. The Kier molecular flexibility index (Phi) is 3.28. The van der Waals surface area contributed by atoms with Gasteiger partial charge in [0.1, 0.15) is 0 Å². The summed E-state index contributed by atoms with van der Waals surface area (Å²) < 4.78 is 22.3. The molecule has 1 heterocycles. The van der Waals surface area contributed by atoms with E-state index >= 15 is 0 Å². The van der Waals surface area contributed by atoms with Crippen LogP contribution in [0, 0.1) is 6.92 Å². The Bertz CT molecular complexity index is 446. The molecule has 1 rings (SSSR count). The third-order valence-corrected chi connectivity index (χ3v) is 6.02. The van der Waals surface area contributed by atoms with Crippen molar-refractivity contribution in [3.05, 3.63) is 21.9 Å². The van der Waals surface area contributed by atoms with Crippen molar-refractivity contribution in [1.29, 1.82) is 0 Å². The van der Waals surface area contributed by atoms with Crippen LogP contribution in [-0.4, -0.2) is 19.4 Å². The molecule has 5 heteroatoms. The van der Waals surface area contributed by atoms with Gasteiger partial charge in [0.2, 0.25) is 0 Å². The van der Waals surface area contributed by atoms with Crippen LogP contribution in [0.25, 0.3) is 0 Å². The van der Waals surface area contributed by atoms with Gasteiger partial charge in [-0.1, -0.05) is 0 Å². The van der Waals surface area contributed by atoms with Crippen molar-refractivity contribution < 1.29 is 8.42 Å². The van der Waals surface area contributed by atoms with Gasteiger partial charge in [-0.15, -0.1) is 11.3 Å². The number of thiophene rings is 1. The Balaban J connectivity index is 3.10. The summed E-state index contributed by atoms with van der Waals surface area (Å²) in [5.41, 5.74) is 6.00. The van der Waals surface area contributed by atoms with Gasteiger partial charge in [0.05, 0.1) is 10.8 Å². The van der Waals surface area contributed by atoms with Crippen molar-refractivity contribution in [3.63, 3.8) is 0 Å². The second-order valence-corrected chi connectivity index (χ2v) is 8.22. The van der Waals surface area contributed by atoms with Crippen molar-refractivity contribution in [2.24, 2.45) is 5.73 Å². The van der Waals surface area contributed by atoms with Crippen LogP contribution in [0.4, 0.5) is 0 Å². The molecule has 0 spiro atoms. The Morgan fingerprint density at radius 2 is 1.93 bits per heavy atom. The van der Waals surface area contributed by atoms with Gasteiger partial charge in [0, 0.05) is 16.0 Å². The van der Waals surface area contributed by atoms with E-state index in [4.69, 9.17) is 5.73 Å². The van der Waals surface area contributed by atoms with E-state index in [1.165, 1.54) is 6.26 Å². The van der Waals surface area contributed by atoms with Gasteiger partial charge in [-0.25, -0.2) is 8.42 Å². The Morgan fingerprint density at radius 1 is 1.40 bits per heavy atom. The highest BCUT2D eigenvalue weighted by molar-refractivity contribution is 7.92. The summed E-state index contributed by atoms with van der Waals surface area (Å²) in [5, 5.41) is 0. The lowest BCUT2D eigenvalue weighted by Crippen LogP contribution is -2.41. The third-order valence-electron chi connectivity index (χ3n) is 2.77. The predicted octanol–water partition coefficient (Wildman–Crippen LogP) is 1.88. The maximum Gasteiger partial charge on any atom is 0.154 e. The molecule has 0 bridgehead atoms. The van der Waals surface area contributed by atoms with E-state index in [2.05, 4.69) is 0 Å². The van der Waals surface area contributed by atoms with E-state index in [0.29, 0.717) is 0 Å². The van der Waals surface area contributed by atoms with Crippen LogP contribution in [0.3, 0.4) is 0 Å². The van der Waals surface area contributed by atoms with Crippen molar-refractivity contribution in [1.82, 2.24) is 0 Å². The normalized spacial score (nSPS) is 15.3. The minimum absolute atomic E-state index is 0.466. The van der Waals surface area contributed by atoms with E-state index in [1.807, 2.05) is 19.1 Å². The van der Waals surface area contributed by atoms with Gasteiger partial charge in [0.25, 0.3) is 0 Å². The van der Waals surface area contributed by atoms with Crippen LogP contribution in [0.1, 0.15) is 29.6 Å². The molecule has 0 aromatic carbocycles. The number of sulfone groups is 1. The lowest BCUT2D eigenvalue weighted by molar-refractivity contribution is 0.501. The van der Waals surface area contributed by atoms with Gasteiger partial charge in [-0.05, 0) is 32.9 Å². The van der Waals surface area contributed by atoms with Crippen molar-refractivity contribution in [2.45, 2.75) is 31.6 Å². The molecule has 0 aliphatic heterocycles. The standard InChI is InChI=1S/C10H17NO2S2/c1-7-5-6-8(14-7)9(11)10(2,3)15(4,12)13/h5-6,9H,11H2,1-4H3. The van der Waals surface area contributed by atoms with E-state index in [-0.39, 0.29) is 0 Å². The zero-order chi connectivity index (χ0) is 11.9. The molecule has 0 aliphatic carbocycles. The molecule has 86 valence electrons. The molecule has 0 radical (unpaired) electrons. The average molecular weight is 247 g/mol. The van der Waals surface area contributed by atoms with E-state index < -0.39 is 20.6 Å². The van der Waals surface area contributed by atoms with Crippen molar-refractivity contribution in [2.75, 3.05) is 6.26 Å².